The van der Waals surface area contributed by atoms with E-state index in [-0.39, 0.29) is 17.0 Å². The third-order valence-electron chi connectivity index (χ3n) is 13.0. The van der Waals surface area contributed by atoms with Crippen LogP contribution in [0.3, 0.4) is 0 Å². The van der Waals surface area contributed by atoms with E-state index in [1.165, 1.54) is 120 Å². The zero-order valence-corrected chi connectivity index (χ0v) is 34.5. The maximum Gasteiger partial charge on any atom is 0.128 e. The Morgan fingerprint density at radius 3 is 1.76 bits per heavy atom. The molecule has 0 spiro atoms. The summed E-state index contributed by atoms with van der Waals surface area (Å²) in [4.78, 5) is 0. The van der Waals surface area contributed by atoms with Crippen molar-refractivity contribution in [1.29, 1.82) is 0 Å². The molecule has 3 saturated carbocycles. The van der Waals surface area contributed by atoms with Crippen molar-refractivity contribution >= 4 is 31.1 Å². The van der Waals surface area contributed by atoms with Gasteiger partial charge in [0.15, 0.2) is 0 Å². The zero-order chi connectivity index (χ0) is 35.9. The highest BCUT2D eigenvalue weighted by molar-refractivity contribution is 7.60. The summed E-state index contributed by atoms with van der Waals surface area (Å²) in [7, 11) is -0.467. The van der Waals surface area contributed by atoms with Gasteiger partial charge in [0.1, 0.15) is 10.2 Å². The number of nitrogens with one attached hydrogen (secondary N) is 2. The number of hydrogen-bond acceptors (Lipinski definition) is 2. The van der Waals surface area contributed by atoms with E-state index in [2.05, 4.69) is 107 Å². The van der Waals surface area contributed by atoms with E-state index < -0.39 is 12.3 Å². The molecule has 1 aliphatic heterocycles. The maximum absolute atomic E-state index is 7.89. The van der Waals surface area contributed by atoms with Crippen LogP contribution in [0.5, 0.6) is 0 Å². The molecule has 1 heterocycles. The van der Waals surface area contributed by atoms with E-state index >= 15 is 0 Å². The van der Waals surface area contributed by atoms with Gasteiger partial charge in [0.25, 0.3) is 0 Å². The summed E-state index contributed by atoms with van der Waals surface area (Å²) in [5.74, 6) is 1.18. The predicted octanol–water partition coefficient (Wildman–Crippen LogP) is 12.7. The highest BCUT2D eigenvalue weighted by atomic mass is 35.5. The van der Waals surface area contributed by atoms with Gasteiger partial charge in [-0.1, -0.05) is 112 Å². The van der Waals surface area contributed by atoms with E-state index in [4.69, 9.17) is 23.2 Å². The van der Waals surface area contributed by atoms with Crippen molar-refractivity contribution in [3.63, 3.8) is 0 Å². The molecule has 0 radical (unpaired) electrons. The first-order valence-electron chi connectivity index (χ1n) is 20.1. The number of allylic oxidation sites excluding steroid dienone is 7. The minimum Gasteiger partial charge on any atom is -0.370 e. The van der Waals surface area contributed by atoms with Gasteiger partial charge in [-0.05, 0) is 130 Å². The number of hydrogen-bond donors (Lipinski definition) is 2. The van der Waals surface area contributed by atoms with Crippen LogP contribution in [0.1, 0.15) is 127 Å². The van der Waals surface area contributed by atoms with Gasteiger partial charge in [-0.15, -0.1) is 23.2 Å². The molecule has 0 bridgehead atoms. The van der Waals surface area contributed by atoms with Gasteiger partial charge < -0.3 is 10.6 Å². The van der Waals surface area contributed by atoms with Crippen LogP contribution in [0, 0.1) is 47.5 Å². The average Bonchev–Trinajstić information content (AvgIpc) is 3.63. The molecule has 51 heavy (non-hydrogen) atoms. The van der Waals surface area contributed by atoms with E-state index in [0.717, 1.165) is 37.2 Å². The number of aryl methyl sites for hydroxylation is 6. The van der Waals surface area contributed by atoms with Crippen LogP contribution < -0.4 is 10.6 Å². The summed E-state index contributed by atoms with van der Waals surface area (Å²) in [6, 6.07) is 9.72. The second-order valence-corrected chi connectivity index (χ2v) is 21.3. The van der Waals surface area contributed by atoms with E-state index in [1.54, 1.807) is 5.56 Å². The minimum absolute atomic E-state index is 0.109. The van der Waals surface area contributed by atoms with Crippen molar-refractivity contribution < 1.29 is 0 Å². The van der Waals surface area contributed by atoms with Crippen LogP contribution in [0.2, 0.25) is 0 Å². The fourth-order valence-corrected chi connectivity index (χ4v) is 17.1. The first kappa shape index (κ1) is 37.3. The van der Waals surface area contributed by atoms with Gasteiger partial charge in [-0.2, -0.15) is 0 Å². The van der Waals surface area contributed by atoms with Gasteiger partial charge in [0.05, 0.1) is 0 Å². The molecule has 2 N–H and O–H groups in total. The third-order valence-corrected chi connectivity index (χ3v) is 18.0. The summed E-state index contributed by atoms with van der Waals surface area (Å²) < 4.78 is -0.919. The first-order valence-corrected chi connectivity index (χ1v) is 22.4. The molecule has 2 nitrogen and oxygen atoms in total. The molecule has 7 rings (SSSR count). The highest BCUT2D eigenvalue weighted by Crippen LogP contribution is 2.77. The largest absolute Gasteiger partial charge is 0.370 e. The Balaban J connectivity index is 1.60. The fourth-order valence-electron chi connectivity index (χ4n) is 11.3. The SMILES string of the molecule is Cc1cc(C)c(C2C(=CC3C=CC=CC3=C3NCCN3)C(c3c(C)cc(C)cc3C)(P(C3CCCCC3)C3CCCCC3)CCC2(Cl)Cl)c(C)c1. The summed E-state index contributed by atoms with van der Waals surface area (Å²) in [5, 5.41) is 7.25. The summed E-state index contributed by atoms with van der Waals surface area (Å²) >= 11 is 15.8. The van der Waals surface area contributed by atoms with Crippen molar-refractivity contribution in [1.82, 2.24) is 10.6 Å². The van der Waals surface area contributed by atoms with Crippen molar-refractivity contribution in [2.45, 2.75) is 145 Å². The van der Waals surface area contributed by atoms with Crippen LogP contribution in [-0.4, -0.2) is 28.7 Å². The fraction of sp³-hybridized carbons (Fsp3) is 0.565. The first-order chi connectivity index (χ1) is 24.5. The molecule has 274 valence electrons. The van der Waals surface area contributed by atoms with Gasteiger partial charge in [-0.3, -0.25) is 0 Å². The second-order valence-electron chi connectivity index (χ2n) is 16.7. The molecule has 0 aromatic heterocycles. The van der Waals surface area contributed by atoms with Crippen LogP contribution in [0.4, 0.5) is 0 Å². The Morgan fingerprint density at radius 2 is 1.22 bits per heavy atom. The van der Waals surface area contributed by atoms with Crippen LogP contribution in [0.25, 0.3) is 0 Å². The maximum atomic E-state index is 7.89. The molecular weight excluding hydrogens is 682 g/mol. The molecule has 2 aromatic carbocycles. The molecule has 3 unspecified atom stereocenters. The summed E-state index contributed by atoms with van der Waals surface area (Å²) in [6.07, 6.45) is 27.5. The molecule has 2 aromatic rings. The predicted molar refractivity (Wildman–Crippen MR) is 223 cm³/mol. The Labute approximate surface area is 320 Å². The standard InChI is InChI=1S/C46H61Cl2N2P/c1-30-25-32(3)41(33(4)26-30)43-40(29-36-15-13-14-20-39(36)44-49-23-24-50-44)45(21-22-46(43,47)48,42-34(5)27-31(2)28-35(42)6)51(37-16-9-7-10-17-37)38-18-11-8-12-19-38/h13-15,20,25-29,36-38,43,49-50H,7-12,16-19,21-24H2,1-6H3. The Bertz CT molecular complexity index is 1670. The van der Waals surface area contributed by atoms with E-state index in [1.807, 2.05) is 0 Å². The monoisotopic (exact) mass is 742 g/mol. The number of rotatable bonds is 6. The zero-order valence-electron chi connectivity index (χ0n) is 32.1. The lowest BCUT2D eigenvalue weighted by atomic mass is 9.65. The van der Waals surface area contributed by atoms with Gasteiger partial charge in [0, 0.05) is 35.7 Å². The summed E-state index contributed by atoms with van der Waals surface area (Å²) in [6.45, 7) is 15.9. The molecule has 4 aliphatic carbocycles. The second kappa shape index (κ2) is 15.4. The number of benzene rings is 2. The smallest absolute Gasteiger partial charge is 0.128 e. The average molecular weight is 744 g/mol. The molecule has 5 aliphatic rings. The molecule has 1 saturated heterocycles. The number of alkyl halides is 2. The van der Waals surface area contributed by atoms with E-state index in [9.17, 15) is 0 Å². The van der Waals surface area contributed by atoms with E-state index in [0.29, 0.717) is 0 Å². The van der Waals surface area contributed by atoms with Gasteiger partial charge in [-0.25, -0.2) is 0 Å². The number of halogens is 2. The third kappa shape index (κ3) is 7.18. The normalized spacial score (nSPS) is 28.1. The van der Waals surface area contributed by atoms with Crippen LogP contribution >= 0.6 is 31.1 Å². The lowest BCUT2D eigenvalue weighted by molar-refractivity contribution is 0.409. The lowest BCUT2D eigenvalue weighted by Crippen LogP contribution is -2.47. The lowest BCUT2D eigenvalue weighted by Gasteiger charge is -2.59. The Morgan fingerprint density at radius 1 is 0.686 bits per heavy atom. The highest BCUT2D eigenvalue weighted by Gasteiger charge is 2.59. The quantitative estimate of drug-likeness (QED) is 0.175. The Hall–Kier alpha value is -1.99. The minimum atomic E-state index is -0.919. The van der Waals surface area contributed by atoms with Crippen molar-refractivity contribution in [2.24, 2.45) is 5.92 Å². The molecule has 5 heteroatoms. The molecule has 3 atom stereocenters. The topological polar surface area (TPSA) is 24.1 Å². The molecule has 0 amide bonds. The molecule has 4 fully saturated rings. The van der Waals surface area contributed by atoms with Crippen molar-refractivity contribution in [2.75, 3.05) is 13.1 Å². The Kier molecular flexibility index (Phi) is 11.3. The molecular formula is C46H61Cl2N2P. The van der Waals surface area contributed by atoms with Crippen molar-refractivity contribution in [3.8, 4) is 0 Å². The van der Waals surface area contributed by atoms with Crippen LogP contribution in [0.15, 0.2) is 71.6 Å². The van der Waals surface area contributed by atoms with Crippen molar-refractivity contribution in [3.05, 3.63) is 116 Å². The van der Waals surface area contributed by atoms with Gasteiger partial charge >= 0.3 is 0 Å². The summed E-state index contributed by atoms with van der Waals surface area (Å²) in [5.41, 5.74) is 15.6. The van der Waals surface area contributed by atoms with Crippen LogP contribution in [-0.2, 0) is 5.16 Å². The van der Waals surface area contributed by atoms with Gasteiger partial charge in [0.2, 0.25) is 0 Å².